The van der Waals surface area contributed by atoms with E-state index >= 15 is 0 Å². The third-order valence-corrected chi connectivity index (χ3v) is 3.09. The molecule has 1 heterocycles. The Balaban J connectivity index is 1.76. The number of alkyl halides is 3. The monoisotopic (exact) mass is 274 g/mol. The molecule has 0 aliphatic carbocycles. The summed E-state index contributed by atoms with van der Waals surface area (Å²) in [6.07, 6.45) is -1.91. The van der Waals surface area contributed by atoms with Crippen molar-refractivity contribution in [1.82, 2.24) is 4.90 Å². The Morgan fingerprint density at radius 3 is 2.63 bits per heavy atom. The summed E-state index contributed by atoms with van der Waals surface area (Å²) in [7, 11) is 0. The first-order valence-corrected chi connectivity index (χ1v) is 6.33. The van der Waals surface area contributed by atoms with E-state index in [1.807, 2.05) is 0 Å². The van der Waals surface area contributed by atoms with Crippen LogP contribution in [0.5, 0.6) is 0 Å². The average Bonchev–Trinajstić information content (AvgIpc) is 2.87. The minimum Gasteiger partial charge on any atom is -0.301 e. The van der Waals surface area contributed by atoms with Crippen LogP contribution in [-0.2, 0) is 11.0 Å². The summed E-state index contributed by atoms with van der Waals surface area (Å²) in [6, 6.07) is 4.98. The van der Waals surface area contributed by atoms with Gasteiger partial charge in [0.05, 0.1) is 17.9 Å². The molecule has 0 spiro atoms. The molecular formula is C13H17F3N2O. The third-order valence-electron chi connectivity index (χ3n) is 3.09. The fourth-order valence-corrected chi connectivity index (χ4v) is 2.07. The van der Waals surface area contributed by atoms with E-state index in [2.05, 4.69) is 10.4 Å². The number of hydrogen-bond acceptors (Lipinski definition) is 3. The minimum absolute atomic E-state index is 0.316. The van der Waals surface area contributed by atoms with Crippen LogP contribution in [0, 0.1) is 0 Å². The van der Waals surface area contributed by atoms with Crippen molar-refractivity contribution in [3.8, 4) is 0 Å². The van der Waals surface area contributed by atoms with Crippen LogP contribution in [0.15, 0.2) is 24.3 Å². The number of nitrogens with zero attached hydrogens (tertiary/aromatic N) is 1. The van der Waals surface area contributed by atoms with E-state index < -0.39 is 11.7 Å². The van der Waals surface area contributed by atoms with Crippen LogP contribution in [-0.4, -0.2) is 31.1 Å². The molecule has 2 rings (SSSR count). The lowest BCUT2D eigenvalue weighted by atomic mass is 10.2. The summed E-state index contributed by atoms with van der Waals surface area (Å²) in [5.41, 5.74) is 2.19. The highest BCUT2D eigenvalue weighted by Gasteiger charge is 2.30. The highest BCUT2D eigenvalue weighted by Crippen LogP contribution is 2.30. The van der Waals surface area contributed by atoms with Crippen molar-refractivity contribution in [1.29, 1.82) is 0 Å². The first-order chi connectivity index (χ1) is 9.05. The van der Waals surface area contributed by atoms with E-state index in [1.54, 1.807) is 6.07 Å². The molecule has 0 saturated carbocycles. The van der Waals surface area contributed by atoms with E-state index in [4.69, 9.17) is 4.84 Å². The standard InChI is InChI=1S/C13H17F3N2O/c14-13(15,16)11-4-3-5-12(10-11)17-19-9-8-18-6-1-2-7-18/h3-5,10,17H,1-2,6-9H2. The van der Waals surface area contributed by atoms with Gasteiger partial charge in [-0.15, -0.1) is 0 Å². The molecule has 0 radical (unpaired) electrons. The van der Waals surface area contributed by atoms with Crippen LogP contribution in [0.3, 0.4) is 0 Å². The van der Waals surface area contributed by atoms with E-state index in [9.17, 15) is 13.2 Å². The Hall–Kier alpha value is -1.27. The molecule has 6 heteroatoms. The fourth-order valence-electron chi connectivity index (χ4n) is 2.07. The number of benzene rings is 1. The number of hydrogen-bond donors (Lipinski definition) is 1. The molecule has 0 unspecified atom stereocenters. The molecule has 106 valence electrons. The second-order valence-electron chi connectivity index (χ2n) is 4.58. The smallest absolute Gasteiger partial charge is 0.301 e. The van der Waals surface area contributed by atoms with Crippen LogP contribution in [0.1, 0.15) is 18.4 Å². The third kappa shape index (κ3) is 4.40. The first kappa shape index (κ1) is 14.1. The maximum absolute atomic E-state index is 12.5. The molecule has 1 aliphatic rings. The zero-order chi connectivity index (χ0) is 13.7. The Kier molecular flexibility index (Phi) is 4.66. The van der Waals surface area contributed by atoms with Crippen LogP contribution in [0.4, 0.5) is 18.9 Å². The lowest BCUT2D eigenvalue weighted by Crippen LogP contribution is -2.24. The van der Waals surface area contributed by atoms with Gasteiger partial charge < -0.3 is 4.90 Å². The predicted molar refractivity (Wildman–Crippen MR) is 66.7 cm³/mol. The molecular weight excluding hydrogens is 257 g/mol. The molecule has 3 nitrogen and oxygen atoms in total. The summed E-state index contributed by atoms with van der Waals surface area (Å²) < 4.78 is 37.5. The van der Waals surface area contributed by atoms with Crippen LogP contribution >= 0.6 is 0 Å². The van der Waals surface area contributed by atoms with Crippen molar-refractivity contribution in [3.63, 3.8) is 0 Å². The minimum atomic E-state index is -4.33. The molecule has 1 N–H and O–H groups in total. The number of halogens is 3. The second-order valence-corrected chi connectivity index (χ2v) is 4.58. The molecule has 1 aliphatic heterocycles. The lowest BCUT2D eigenvalue weighted by Gasteiger charge is -2.15. The summed E-state index contributed by atoms with van der Waals surface area (Å²) in [6.45, 7) is 3.40. The highest BCUT2D eigenvalue weighted by atomic mass is 19.4. The van der Waals surface area contributed by atoms with Crippen molar-refractivity contribution < 1.29 is 18.0 Å². The van der Waals surface area contributed by atoms with Gasteiger partial charge in [-0.05, 0) is 44.1 Å². The number of rotatable bonds is 5. The van der Waals surface area contributed by atoms with Crippen molar-refractivity contribution in [3.05, 3.63) is 29.8 Å². The maximum atomic E-state index is 12.5. The van der Waals surface area contributed by atoms with E-state index in [-0.39, 0.29) is 0 Å². The van der Waals surface area contributed by atoms with E-state index in [0.717, 1.165) is 31.8 Å². The second kappa shape index (κ2) is 6.25. The van der Waals surface area contributed by atoms with Gasteiger partial charge in [0.25, 0.3) is 0 Å². The Morgan fingerprint density at radius 1 is 1.21 bits per heavy atom. The lowest BCUT2D eigenvalue weighted by molar-refractivity contribution is -0.137. The molecule has 0 amide bonds. The largest absolute Gasteiger partial charge is 0.416 e. The van der Waals surface area contributed by atoms with Gasteiger partial charge in [-0.1, -0.05) is 6.07 Å². The molecule has 0 atom stereocenters. The zero-order valence-electron chi connectivity index (χ0n) is 10.5. The number of likely N-dealkylation sites (tertiary alicyclic amines) is 1. The molecule has 1 fully saturated rings. The van der Waals surface area contributed by atoms with Gasteiger partial charge >= 0.3 is 6.18 Å². The maximum Gasteiger partial charge on any atom is 0.416 e. The molecule has 1 aromatic carbocycles. The SMILES string of the molecule is FC(F)(F)c1cccc(NOCCN2CCCC2)c1. The Morgan fingerprint density at radius 2 is 1.95 bits per heavy atom. The quantitative estimate of drug-likeness (QED) is 0.659. The van der Waals surface area contributed by atoms with E-state index in [1.165, 1.54) is 18.9 Å². The van der Waals surface area contributed by atoms with Gasteiger partial charge in [0.15, 0.2) is 0 Å². The van der Waals surface area contributed by atoms with Crippen molar-refractivity contribution in [2.24, 2.45) is 0 Å². The van der Waals surface area contributed by atoms with Gasteiger partial charge in [-0.3, -0.25) is 10.3 Å². The summed E-state index contributed by atoms with van der Waals surface area (Å²) in [5, 5.41) is 0. The normalized spacial score (nSPS) is 16.8. The first-order valence-electron chi connectivity index (χ1n) is 6.33. The van der Waals surface area contributed by atoms with Crippen molar-refractivity contribution in [2.75, 3.05) is 31.7 Å². The van der Waals surface area contributed by atoms with Gasteiger partial charge in [0.2, 0.25) is 0 Å². The molecule has 1 saturated heterocycles. The van der Waals surface area contributed by atoms with Crippen LogP contribution in [0.2, 0.25) is 0 Å². The van der Waals surface area contributed by atoms with Gasteiger partial charge in [-0.25, -0.2) is 0 Å². The molecule has 0 aromatic heterocycles. The van der Waals surface area contributed by atoms with E-state index in [0.29, 0.717) is 12.3 Å². The van der Waals surface area contributed by atoms with Crippen LogP contribution < -0.4 is 5.48 Å². The Bertz CT molecular complexity index is 403. The van der Waals surface area contributed by atoms with Gasteiger partial charge in [0.1, 0.15) is 0 Å². The summed E-state index contributed by atoms with van der Waals surface area (Å²) >= 11 is 0. The van der Waals surface area contributed by atoms with Gasteiger partial charge in [0, 0.05) is 6.54 Å². The van der Waals surface area contributed by atoms with Crippen molar-refractivity contribution >= 4 is 5.69 Å². The average molecular weight is 274 g/mol. The molecule has 1 aromatic rings. The number of nitrogens with one attached hydrogen (secondary N) is 1. The highest BCUT2D eigenvalue weighted by molar-refractivity contribution is 5.44. The topological polar surface area (TPSA) is 24.5 Å². The van der Waals surface area contributed by atoms with Gasteiger partial charge in [-0.2, -0.15) is 13.2 Å². The predicted octanol–water partition coefficient (Wildman–Crippen LogP) is 3.14. The molecule has 19 heavy (non-hydrogen) atoms. The fraction of sp³-hybridized carbons (Fsp3) is 0.538. The summed E-state index contributed by atoms with van der Waals surface area (Å²) in [4.78, 5) is 7.46. The number of anilines is 1. The zero-order valence-corrected chi connectivity index (χ0v) is 10.5. The summed E-state index contributed by atoms with van der Waals surface area (Å²) in [5.74, 6) is 0. The van der Waals surface area contributed by atoms with Crippen molar-refractivity contribution in [2.45, 2.75) is 19.0 Å². The van der Waals surface area contributed by atoms with Crippen LogP contribution in [0.25, 0.3) is 0 Å². The molecule has 0 bridgehead atoms. The Labute approximate surface area is 110 Å².